The Kier molecular flexibility index (Phi) is 6.49. The van der Waals surface area contributed by atoms with E-state index in [0.717, 1.165) is 28.0 Å². The van der Waals surface area contributed by atoms with Crippen LogP contribution in [0.2, 0.25) is 0 Å². The fourth-order valence-electron chi connectivity index (χ4n) is 3.63. The van der Waals surface area contributed by atoms with E-state index < -0.39 is 0 Å². The Morgan fingerprint density at radius 3 is 2.45 bits per heavy atom. The first kappa shape index (κ1) is 22.2. The van der Waals surface area contributed by atoms with Crippen molar-refractivity contribution in [3.05, 3.63) is 72.6 Å². The number of aromatic nitrogens is 2. The summed E-state index contributed by atoms with van der Waals surface area (Å²) in [6.07, 6.45) is 1.80. The molecule has 7 heteroatoms. The zero-order valence-electron chi connectivity index (χ0n) is 18.9. The first-order valence-corrected chi connectivity index (χ1v) is 10.9. The summed E-state index contributed by atoms with van der Waals surface area (Å²) in [4.78, 5) is 16.5. The highest BCUT2D eigenvalue weighted by Crippen LogP contribution is 2.31. The lowest BCUT2D eigenvalue weighted by atomic mass is 10.2. The molecule has 0 unspecified atom stereocenters. The molecule has 4 aromatic rings. The fraction of sp³-hybridized carbons (Fsp3) is 0.231. The van der Waals surface area contributed by atoms with Crippen molar-refractivity contribution in [3.8, 4) is 23.1 Å². The van der Waals surface area contributed by atoms with Gasteiger partial charge in [-0.3, -0.25) is 4.79 Å². The van der Waals surface area contributed by atoms with E-state index in [4.69, 9.17) is 19.9 Å². The van der Waals surface area contributed by atoms with E-state index in [9.17, 15) is 4.79 Å². The molecule has 2 heterocycles. The van der Waals surface area contributed by atoms with E-state index in [1.54, 1.807) is 25.3 Å². The number of esters is 1. The standard InChI is InChI=1S/C26H27N3O4/c1-4-31-26(30)15-21-13-18-14-23(33-25-12-5-19(27)16-28-25)10-11-24(18)29(21)20-6-8-22(9-7-20)32-17(2)3/h5-14,16-17H,4,15,27H2,1-3H3. The molecule has 0 amide bonds. The normalized spacial score (nSPS) is 11.0. The number of nitrogens with zero attached hydrogens (tertiary/aromatic N) is 2. The highest BCUT2D eigenvalue weighted by Gasteiger charge is 2.16. The molecule has 0 atom stereocenters. The largest absolute Gasteiger partial charge is 0.491 e. The van der Waals surface area contributed by atoms with Crippen LogP contribution in [0.15, 0.2) is 66.9 Å². The number of carbonyl (C=O) groups excluding carboxylic acids is 1. The second-order valence-corrected chi connectivity index (χ2v) is 7.87. The third-order valence-electron chi connectivity index (χ3n) is 4.93. The average molecular weight is 446 g/mol. The lowest BCUT2D eigenvalue weighted by Gasteiger charge is -2.13. The number of hydrogen-bond acceptors (Lipinski definition) is 6. The Bertz CT molecular complexity index is 1250. The molecule has 170 valence electrons. The maximum Gasteiger partial charge on any atom is 0.311 e. The minimum Gasteiger partial charge on any atom is -0.491 e. The smallest absolute Gasteiger partial charge is 0.311 e. The first-order chi connectivity index (χ1) is 15.9. The molecule has 0 saturated heterocycles. The predicted molar refractivity (Wildman–Crippen MR) is 128 cm³/mol. The summed E-state index contributed by atoms with van der Waals surface area (Å²) >= 11 is 0. The van der Waals surface area contributed by atoms with E-state index in [1.165, 1.54) is 0 Å². The van der Waals surface area contributed by atoms with Crippen molar-refractivity contribution in [2.75, 3.05) is 12.3 Å². The highest BCUT2D eigenvalue weighted by atomic mass is 16.5. The number of fused-ring (bicyclic) bond motifs is 1. The minimum absolute atomic E-state index is 0.0941. The van der Waals surface area contributed by atoms with E-state index >= 15 is 0 Å². The van der Waals surface area contributed by atoms with Crippen LogP contribution in [0.5, 0.6) is 17.4 Å². The molecule has 0 aliphatic rings. The zero-order valence-corrected chi connectivity index (χ0v) is 18.9. The van der Waals surface area contributed by atoms with Gasteiger partial charge in [0.05, 0.1) is 36.5 Å². The van der Waals surface area contributed by atoms with Gasteiger partial charge in [-0.15, -0.1) is 0 Å². The van der Waals surface area contributed by atoms with Gasteiger partial charge in [-0.05, 0) is 75.4 Å². The number of hydrogen-bond donors (Lipinski definition) is 1. The number of benzene rings is 2. The molecule has 33 heavy (non-hydrogen) atoms. The number of carbonyl (C=O) groups is 1. The second-order valence-electron chi connectivity index (χ2n) is 7.87. The van der Waals surface area contributed by atoms with Crippen molar-refractivity contribution in [2.45, 2.75) is 33.3 Å². The highest BCUT2D eigenvalue weighted by molar-refractivity contribution is 5.86. The van der Waals surface area contributed by atoms with Crippen LogP contribution < -0.4 is 15.2 Å². The van der Waals surface area contributed by atoms with Crippen LogP contribution in [0.25, 0.3) is 16.6 Å². The Morgan fingerprint density at radius 1 is 1.03 bits per heavy atom. The number of ether oxygens (including phenoxy) is 3. The average Bonchev–Trinajstić information content (AvgIpc) is 3.12. The van der Waals surface area contributed by atoms with Gasteiger partial charge in [-0.2, -0.15) is 0 Å². The SMILES string of the molecule is CCOC(=O)Cc1cc2cc(Oc3ccc(N)cn3)ccc2n1-c1ccc(OC(C)C)cc1. The zero-order chi connectivity index (χ0) is 23.4. The van der Waals surface area contributed by atoms with Gasteiger partial charge in [-0.25, -0.2) is 4.98 Å². The number of nitrogen functional groups attached to an aromatic ring is 1. The minimum atomic E-state index is -0.274. The number of rotatable bonds is 8. The van der Waals surface area contributed by atoms with Crippen LogP contribution in [0.1, 0.15) is 26.5 Å². The van der Waals surface area contributed by atoms with Crippen LogP contribution in [0.3, 0.4) is 0 Å². The molecule has 0 aliphatic heterocycles. The summed E-state index contributed by atoms with van der Waals surface area (Å²) in [5.74, 6) is 1.61. The van der Waals surface area contributed by atoms with Crippen LogP contribution in [-0.4, -0.2) is 28.2 Å². The molecule has 2 aromatic heterocycles. The van der Waals surface area contributed by atoms with Crippen LogP contribution >= 0.6 is 0 Å². The molecule has 0 radical (unpaired) electrons. The molecule has 4 rings (SSSR count). The van der Waals surface area contributed by atoms with Crippen molar-refractivity contribution in [2.24, 2.45) is 0 Å². The summed E-state index contributed by atoms with van der Waals surface area (Å²) in [5.41, 5.74) is 8.97. The van der Waals surface area contributed by atoms with E-state index in [-0.39, 0.29) is 18.5 Å². The van der Waals surface area contributed by atoms with Crippen molar-refractivity contribution < 1.29 is 19.0 Å². The molecule has 0 spiro atoms. The van der Waals surface area contributed by atoms with Gasteiger partial charge >= 0.3 is 5.97 Å². The van der Waals surface area contributed by atoms with Gasteiger partial charge < -0.3 is 24.5 Å². The van der Waals surface area contributed by atoms with Gasteiger partial charge in [0.1, 0.15) is 11.5 Å². The van der Waals surface area contributed by atoms with Crippen molar-refractivity contribution in [3.63, 3.8) is 0 Å². The maximum atomic E-state index is 12.3. The maximum absolute atomic E-state index is 12.3. The monoisotopic (exact) mass is 445 g/mol. The van der Waals surface area contributed by atoms with Gasteiger partial charge in [0.15, 0.2) is 0 Å². The number of pyridine rings is 1. The number of nitrogens with two attached hydrogens (primary N) is 1. The Morgan fingerprint density at radius 2 is 1.79 bits per heavy atom. The lowest BCUT2D eigenvalue weighted by molar-refractivity contribution is -0.142. The van der Waals surface area contributed by atoms with Crippen molar-refractivity contribution >= 4 is 22.6 Å². The molecule has 2 N–H and O–H groups in total. The van der Waals surface area contributed by atoms with Gasteiger partial charge in [0.2, 0.25) is 5.88 Å². The molecule has 2 aromatic carbocycles. The van der Waals surface area contributed by atoms with E-state index in [0.29, 0.717) is 23.9 Å². The molecular weight excluding hydrogens is 418 g/mol. The molecule has 0 aliphatic carbocycles. The summed E-state index contributed by atoms with van der Waals surface area (Å²) in [7, 11) is 0. The topological polar surface area (TPSA) is 88.6 Å². The van der Waals surface area contributed by atoms with Crippen molar-refractivity contribution in [1.82, 2.24) is 9.55 Å². The fourth-order valence-corrected chi connectivity index (χ4v) is 3.63. The molecule has 0 bridgehead atoms. The third kappa shape index (κ3) is 5.26. The second kappa shape index (κ2) is 9.65. The van der Waals surface area contributed by atoms with Gasteiger partial charge in [-0.1, -0.05) is 0 Å². The number of anilines is 1. The van der Waals surface area contributed by atoms with Crippen molar-refractivity contribution in [1.29, 1.82) is 0 Å². The third-order valence-corrected chi connectivity index (χ3v) is 4.93. The van der Waals surface area contributed by atoms with Gasteiger partial charge in [0.25, 0.3) is 0 Å². The van der Waals surface area contributed by atoms with E-state index in [2.05, 4.69) is 9.55 Å². The van der Waals surface area contributed by atoms with Crippen LogP contribution in [0.4, 0.5) is 5.69 Å². The quantitative estimate of drug-likeness (QED) is 0.371. The Balaban J connectivity index is 1.72. The first-order valence-electron chi connectivity index (χ1n) is 10.9. The molecule has 0 fully saturated rings. The Hall–Kier alpha value is -4.00. The molecular formula is C26H27N3O4. The summed E-state index contributed by atoms with van der Waals surface area (Å²) in [6.45, 7) is 6.12. The summed E-state index contributed by atoms with van der Waals surface area (Å²) in [6, 6.07) is 19.0. The van der Waals surface area contributed by atoms with E-state index in [1.807, 2.05) is 62.4 Å². The summed E-state index contributed by atoms with van der Waals surface area (Å²) < 4.78 is 18.9. The van der Waals surface area contributed by atoms with Gasteiger partial charge in [0, 0.05) is 22.8 Å². The summed E-state index contributed by atoms with van der Waals surface area (Å²) in [5, 5.41) is 0.935. The molecule has 7 nitrogen and oxygen atoms in total. The molecule has 0 saturated carbocycles. The van der Waals surface area contributed by atoms with Crippen LogP contribution in [-0.2, 0) is 16.0 Å². The predicted octanol–water partition coefficient (Wildman–Crippen LogP) is 5.29. The Labute approximate surface area is 192 Å². The lowest BCUT2D eigenvalue weighted by Crippen LogP contribution is -2.11. The van der Waals surface area contributed by atoms with Crippen LogP contribution in [0, 0.1) is 0 Å².